The van der Waals surface area contributed by atoms with Gasteiger partial charge in [-0.2, -0.15) is 0 Å². The molecule has 1 aromatic rings. The lowest BCUT2D eigenvalue weighted by Crippen LogP contribution is -2.39. The van der Waals surface area contributed by atoms with E-state index in [1.165, 1.54) is 25.5 Å². The summed E-state index contributed by atoms with van der Waals surface area (Å²) in [5.74, 6) is 0. The van der Waals surface area contributed by atoms with Crippen LogP contribution in [0.1, 0.15) is 5.56 Å². The Labute approximate surface area is 96.7 Å². The number of hydroxylamine groups is 1. The van der Waals surface area contributed by atoms with Crippen LogP contribution in [0.4, 0.5) is 14.6 Å². The van der Waals surface area contributed by atoms with Gasteiger partial charge >= 0.3 is 12.2 Å². The molecule has 0 saturated carbocycles. The Kier molecular flexibility index (Phi) is 4.12. The Balaban J connectivity index is 2.92. The Morgan fingerprint density at radius 2 is 2.19 bits per heavy atom. The summed E-state index contributed by atoms with van der Waals surface area (Å²) in [6, 6.07) is 1.27. The van der Waals surface area contributed by atoms with E-state index in [0.717, 1.165) is 10.6 Å². The van der Waals surface area contributed by atoms with E-state index < -0.39 is 12.2 Å². The SMILES string of the molecule is CNC(=O)N(OC(=O)OC)c1sccc1C. The maximum Gasteiger partial charge on any atom is 0.533 e. The van der Waals surface area contributed by atoms with Crippen LogP contribution < -0.4 is 10.4 Å². The molecule has 1 heterocycles. The average Bonchev–Trinajstić information content (AvgIpc) is 2.70. The third-order valence-electron chi connectivity index (χ3n) is 1.75. The van der Waals surface area contributed by atoms with Crippen LogP contribution in [0.25, 0.3) is 0 Å². The first-order valence-corrected chi connectivity index (χ1v) is 5.30. The van der Waals surface area contributed by atoms with E-state index in [0.29, 0.717) is 5.00 Å². The highest BCUT2D eigenvalue weighted by Crippen LogP contribution is 2.27. The molecule has 0 aliphatic rings. The number of carbonyl (C=O) groups excluding carboxylic acids is 2. The fourth-order valence-corrected chi connectivity index (χ4v) is 1.83. The standard InChI is InChI=1S/C9H12N2O4S/c1-6-4-5-16-7(6)11(8(12)10-2)15-9(13)14-3/h4-5H,1-3H3,(H,10,12). The summed E-state index contributed by atoms with van der Waals surface area (Å²) >= 11 is 1.29. The molecule has 1 N–H and O–H groups in total. The number of amides is 2. The van der Waals surface area contributed by atoms with Crippen molar-refractivity contribution in [1.29, 1.82) is 0 Å². The van der Waals surface area contributed by atoms with E-state index >= 15 is 0 Å². The lowest BCUT2D eigenvalue weighted by molar-refractivity contribution is 0.0687. The van der Waals surface area contributed by atoms with Crippen LogP contribution in [0.2, 0.25) is 0 Å². The molecule has 0 bridgehead atoms. The normalized spacial score (nSPS) is 9.44. The minimum absolute atomic E-state index is 0.532. The maximum absolute atomic E-state index is 11.5. The molecule has 2 amide bonds. The zero-order chi connectivity index (χ0) is 12.1. The highest BCUT2D eigenvalue weighted by molar-refractivity contribution is 7.14. The molecule has 6 nitrogen and oxygen atoms in total. The summed E-state index contributed by atoms with van der Waals surface area (Å²) in [5.41, 5.74) is 0.831. The van der Waals surface area contributed by atoms with Crippen LogP contribution in [0.5, 0.6) is 0 Å². The highest BCUT2D eigenvalue weighted by Gasteiger charge is 2.22. The zero-order valence-electron chi connectivity index (χ0n) is 9.14. The molecule has 0 radical (unpaired) electrons. The van der Waals surface area contributed by atoms with Crippen molar-refractivity contribution in [2.75, 3.05) is 19.2 Å². The summed E-state index contributed by atoms with van der Waals surface area (Å²) in [6.07, 6.45) is -0.948. The summed E-state index contributed by atoms with van der Waals surface area (Å²) < 4.78 is 4.34. The molecule has 0 spiro atoms. The number of hydrogen-bond acceptors (Lipinski definition) is 5. The van der Waals surface area contributed by atoms with Crippen molar-refractivity contribution in [3.05, 3.63) is 17.0 Å². The Hall–Kier alpha value is -1.76. The molecular weight excluding hydrogens is 232 g/mol. The third-order valence-corrected chi connectivity index (χ3v) is 2.73. The van der Waals surface area contributed by atoms with E-state index in [1.54, 1.807) is 5.38 Å². The first-order valence-electron chi connectivity index (χ1n) is 4.42. The van der Waals surface area contributed by atoms with E-state index in [1.807, 2.05) is 13.0 Å². The summed E-state index contributed by atoms with van der Waals surface area (Å²) in [5, 5.41) is 5.56. The monoisotopic (exact) mass is 244 g/mol. The zero-order valence-corrected chi connectivity index (χ0v) is 9.96. The summed E-state index contributed by atoms with van der Waals surface area (Å²) in [4.78, 5) is 27.2. The second kappa shape index (κ2) is 5.36. The Morgan fingerprint density at radius 1 is 1.50 bits per heavy atom. The van der Waals surface area contributed by atoms with Gasteiger partial charge in [0, 0.05) is 7.05 Å². The molecule has 0 aliphatic heterocycles. The molecular formula is C9H12N2O4S. The van der Waals surface area contributed by atoms with Crippen LogP contribution in [-0.2, 0) is 9.57 Å². The second-order valence-electron chi connectivity index (χ2n) is 2.80. The number of nitrogens with one attached hydrogen (secondary N) is 1. The molecule has 0 saturated heterocycles. The number of methoxy groups -OCH3 is 1. The van der Waals surface area contributed by atoms with Crippen molar-refractivity contribution in [1.82, 2.24) is 5.32 Å². The van der Waals surface area contributed by atoms with Crippen molar-refractivity contribution < 1.29 is 19.2 Å². The quantitative estimate of drug-likeness (QED) is 0.605. The molecule has 0 atom stereocenters. The van der Waals surface area contributed by atoms with E-state index in [2.05, 4.69) is 10.1 Å². The van der Waals surface area contributed by atoms with Gasteiger partial charge in [0.2, 0.25) is 0 Å². The van der Waals surface area contributed by atoms with Gasteiger partial charge in [-0.3, -0.25) is 4.84 Å². The molecule has 0 unspecified atom stereocenters. The number of hydrogen-bond donors (Lipinski definition) is 1. The van der Waals surface area contributed by atoms with Crippen LogP contribution in [0, 0.1) is 6.92 Å². The largest absolute Gasteiger partial charge is 0.533 e. The molecule has 88 valence electrons. The van der Waals surface area contributed by atoms with Gasteiger partial charge in [0.05, 0.1) is 7.11 Å². The Morgan fingerprint density at radius 3 is 2.62 bits per heavy atom. The molecule has 1 aromatic heterocycles. The number of thiophene rings is 1. The van der Waals surface area contributed by atoms with E-state index in [9.17, 15) is 9.59 Å². The fraction of sp³-hybridized carbons (Fsp3) is 0.333. The van der Waals surface area contributed by atoms with Gasteiger partial charge in [-0.25, -0.2) is 9.59 Å². The van der Waals surface area contributed by atoms with Crippen LogP contribution in [0.3, 0.4) is 0 Å². The van der Waals surface area contributed by atoms with E-state index in [-0.39, 0.29) is 0 Å². The van der Waals surface area contributed by atoms with Gasteiger partial charge in [0.25, 0.3) is 0 Å². The van der Waals surface area contributed by atoms with Gasteiger partial charge in [-0.15, -0.1) is 16.4 Å². The smallest absolute Gasteiger partial charge is 0.436 e. The minimum Gasteiger partial charge on any atom is -0.436 e. The molecule has 1 rings (SSSR count). The van der Waals surface area contributed by atoms with Crippen LogP contribution in [-0.4, -0.2) is 26.3 Å². The third kappa shape index (κ3) is 2.63. The van der Waals surface area contributed by atoms with E-state index in [4.69, 9.17) is 4.84 Å². The number of anilines is 1. The topological polar surface area (TPSA) is 67.9 Å². The van der Waals surface area contributed by atoms with Crippen molar-refractivity contribution in [2.45, 2.75) is 6.92 Å². The van der Waals surface area contributed by atoms with Crippen molar-refractivity contribution in [2.24, 2.45) is 0 Å². The number of urea groups is 1. The van der Waals surface area contributed by atoms with Gasteiger partial charge in [0.15, 0.2) is 0 Å². The number of carbonyl (C=O) groups is 2. The minimum atomic E-state index is -0.948. The van der Waals surface area contributed by atoms with Crippen molar-refractivity contribution in [3.63, 3.8) is 0 Å². The van der Waals surface area contributed by atoms with Gasteiger partial charge < -0.3 is 10.1 Å². The number of nitrogens with zero attached hydrogens (tertiary/aromatic N) is 1. The molecule has 0 aromatic carbocycles. The van der Waals surface area contributed by atoms with Crippen molar-refractivity contribution >= 4 is 28.5 Å². The summed E-state index contributed by atoms with van der Waals surface area (Å²) in [6.45, 7) is 1.81. The molecule has 0 aliphatic carbocycles. The average molecular weight is 244 g/mol. The van der Waals surface area contributed by atoms with Crippen molar-refractivity contribution in [3.8, 4) is 0 Å². The van der Waals surface area contributed by atoms with Crippen LogP contribution in [0.15, 0.2) is 11.4 Å². The number of aryl methyl sites for hydroxylation is 1. The van der Waals surface area contributed by atoms with Gasteiger partial charge in [0.1, 0.15) is 5.00 Å². The molecule has 0 fully saturated rings. The predicted molar refractivity (Wildman–Crippen MR) is 59.5 cm³/mol. The Bertz CT molecular complexity index is 391. The number of ether oxygens (including phenoxy) is 1. The fourth-order valence-electron chi connectivity index (χ4n) is 0.961. The van der Waals surface area contributed by atoms with Gasteiger partial charge in [-0.1, -0.05) is 0 Å². The molecule has 16 heavy (non-hydrogen) atoms. The lowest BCUT2D eigenvalue weighted by Gasteiger charge is -2.18. The highest BCUT2D eigenvalue weighted by atomic mass is 32.1. The van der Waals surface area contributed by atoms with Crippen LogP contribution >= 0.6 is 11.3 Å². The molecule has 7 heteroatoms. The first kappa shape index (κ1) is 12.3. The van der Waals surface area contributed by atoms with Gasteiger partial charge in [-0.05, 0) is 23.9 Å². The summed E-state index contributed by atoms with van der Waals surface area (Å²) in [7, 11) is 2.62. The maximum atomic E-state index is 11.5. The predicted octanol–water partition coefficient (Wildman–Crippen LogP) is 1.90. The lowest BCUT2D eigenvalue weighted by atomic mass is 10.4. The second-order valence-corrected chi connectivity index (χ2v) is 3.70. The first-order chi connectivity index (χ1) is 7.60. The number of rotatable bonds is 1.